The van der Waals surface area contributed by atoms with Gasteiger partial charge in [0.25, 0.3) is 5.91 Å². The van der Waals surface area contributed by atoms with E-state index in [2.05, 4.69) is 34.5 Å². The summed E-state index contributed by atoms with van der Waals surface area (Å²) in [7, 11) is 0. The highest BCUT2D eigenvalue weighted by molar-refractivity contribution is 5.97. The van der Waals surface area contributed by atoms with Gasteiger partial charge < -0.3 is 10.2 Å². The van der Waals surface area contributed by atoms with Crippen LogP contribution in [0.25, 0.3) is 11.1 Å². The Labute approximate surface area is 189 Å². The van der Waals surface area contributed by atoms with Gasteiger partial charge in [-0.15, -0.1) is 0 Å². The van der Waals surface area contributed by atoms with Crippen LogP contribution in [-0.2, 0) is 11.3 Å². The molecule has 5 nitrogen and oxygen atoms in total. The predicted molar refractivity (Wildman–Crippen MR) is 127 cm³/mol. The molecule has 164 valence electrons. The second-order valence-corrected chi connectivity index (χ2v) is 8.23. The van der Waals surface area contributed by atoms with Crippen LogP contribution in [0.2, 0.25) is 0 Å². The van der Waals surface area contributed by atoms with E-state index in [0.29, 0.717) is 18.7 Å². The molecule has 0 aliphatic carbocycles. The third-order valence-electron chi connectivity index (χ3n) is 5.91. The first-order valence-corrected chi connectivity index (χ1v) is 11.1. The zero-order valence-electron chi connectivity index (χ0n) is 18.4. The van der Waals surface area contributed by atoms with Crippen LogP contribution >= 0.6 is 0 Å². The fraction of sp³-hybridized carbons (Fsp3) is 0.259. The minimum Gasteiger partial charge on any atom is -0.341 e. The van der Waals surface area contributed by atoms with Crippen molar-refractivity contribution < 1.29 is 9.59 Å². The highest BCUT2D eigenvalue weighted by atomic mass is 16.2. The SMILES string of the molecule is CC(NC(=O)c1ccc(-c2ccccc2)cc1)C(=O)N1CCN(Cc2ccccc2)CC1. The fourth-order valence-corrected chi connectivity index (χ4v) is 4.03. The van der Waals surface area contributed by atoms with Crippen LogP contribution < -0.4 is 5.32 Å². The van der Waals surface area contributed by atoms with Crippen LogP contribution in [0.3, 0.4) is 0 Å². The van der Waals surface area contributed by atoms with Gasteiger partial charge in [0.15, 0.2) is 0 Å². The topological polar surface area (TPSA) is 52.7 Å². The lowest BCUT2D eigenvalue weighted by Gasteiger charge is -2.36. The predicted octanol–water partition coefficient (Wildman–Crippen LogP) is 3.82. The van der Waals surface area contributed by atoms with Crippen molar-refractivity contribution in [2.45, 2.75) is 19.5 Å². The van der Waals surface area contributed by atoms with Crippen LogP contribution in [0.15, 0.2) is 84.9 Å². The number of carbonyl (C=O) groups is 2. The average Bonchev–Trinajstić information content (AvgIpc) is 2.85. The van der Waals surface area contributed by atoms with Gasteiger partial charge in [-0.2, -0.15) is 0 Å². The molecule has 0 aromatic heterocycles. The molecule has 4 rings (SSSR count). The van der Waals surface area contributed by atoms with E-state index >= 15 is 0 Å². The molecular weight excluding hydrogens is 398 g/mol. The monoisotopic (exact) mass is 427 g/mol. The Kier molecular flexibility index (Phi) is 6.97. The van der Waals surface area contributed by atoms with Gasteiger partial charge in [-0.3, -0.25) is 14.5 Å². The summed E-state index contributed by atoms with van der Waals surface area (Å²) >= 11 is 0. The average molecular weight is 428 g/mol. The molecule has 1 N–H and O–H groups in total. The third kappa shape index (κ3) is 5.42. The molecule has 0 saturated carbocycles. The quantitative estimate of drug-likeness (QED) is 0.651. The summed E-state index contributed by atoms with van der Waals surface area (Å²) in [6, 6.07) is 27.3. The number of carbonyl (C=O) groups excluding carboxylic acids is 2. The minimum absolute atomic E-state index is 0.0291. The molecule has 0 spiro atoms. The molecule has 1 aliphatic heterocycles. The summed E-state index contributed by atoms with van der Waals surface area (Å²) in [4.78, 5) is 29.7. The molecule has 3 aromatic carbocycles. The van der Waals surface area contributed by atoms with Crippen molar-refractivity contribution >= 4 is 11.8 Å². The van der Waals surface area contributed by atoms with Gasteiger partial charge in [0.05, 0.1) is 0 Å². The van der Waals surface area contributed by atoms with Crippen molar-refractivity contribution in [3.63, 3.8) is 0 Å². The van der Waals surface area contributed by atoms with Crippen LogP contribution in [-0.4, -0.2) is 53.8 Å². The van der Waals surface area contributed by atoms with E-state index in [4.69, 9.17) is 0 Å². The third-order valence-corrected chi connectivity index (χ3v) is 5.91. The summed E-state index contributed by atoms with van der Waals surface area (Å²) in [5, 5.41) is 2.86. The largest absolute Gasteiger partial charge is 0.341 e. The molecule has 0 radical (unpaired) electrons. The van der Waals surface area contributed by atoms with Crippen molar-refractivity contribution in [3.05, 3.63) is 96.1 Å². The second-order valence-electron chi connectivity index (χ2n) is 8.23. The van der Waals surface area contributed by atoms with Crippen LogP contribution in [0.4, 0.5) is 0 Å². The number of piperazine rings is 1. The molecular formula is C27H29N3O2. The first-order valence-electron chi connectivity index (χ1n) is 11.1. The molecule has 32 heavy (non-hydrogen) atoms. The smallest absolute Gasteiger partial charge is 0.251 e. The molecule has 0 bridgehead atoms. The van der Waals surface area contributed by atoms with E-state index in [9.17, 15) is 9.59 Å². The van der Waals surface area contributed by atoms with E-state index in [1.54, 1.807) is 19.1 Å². The molecule has 1 atom stereocenters. The van der Waals surface area contributed by atoms with E-state index in [0.717, 1.165) is 30.8 Å². The van der Waals surface area contributed by atoms with Gasteiger partial charge in [-0.25, -0.2) is 0 Å². The fourth-order valence-electron chi connectivity index (χ4n) is 4.03. The molecule has 1 heterocycles. The van der Waals surface area contributed by atoms with E-state index in [-0.39, 0.29) is 11.8 Å². The molecule has 1 unspecified atom stereocenters. The number of hydrogen-bond donors (Lipinski definition) is 1. The van der Waals surface area contributed by atoms with Crippen molar-refractivity contribution in [1.29, 1.82) is 0 Å². The number of benzene rings is 3. The molecule has 5 heteroatoms. The van der Waals surface area contributed by atoms with Crippen molar-refractivity contribution in [2.24, 2.45) is 0 Å². The first kappa shape index (κ1) is 21.8. The van der Waals surface area contributed by atoms with Gasteiger partial charge in [-0.1, -0.05) is 72.8 Å². The maximum absolute atomic E-state index is 12.9. The summed E-state index contributed by atoms with van der Waals surface area (Å²) in [5.74, 6) is -0.258. The van der Waals surface area contributed by atoms with E-state index in [1.165, 1.54) is 5.56 Å². The summed E-state index contributed by atoms with van der Waals surface area (Å²) in [5.41, 5.74) is 4.00. The Morgan fingerprint density at radius 1 is 0.781 bits per heavy atom. The highest BCUT2D eigenvalue weighted by Gasteiger charge is 2.26. The van der Waals surface area contributed by atoms with Crippen LogP contribution in [0.1, 0.15) is 22.8 Å². The Balaban J connectivity index is 1.27. The van der Waals surface area contributed by atoms with Crippen molar-refractivity contribution in [1.82, 2.24) is 15.1 Å². The van der Waals surface area contributed by atoms with Gasteiger partial charge in [-0.05, 0) is 35.7 Å². The maximum Gasteiger partial charge on any atom is 0.251 e. The number of hydrogen-bond acceptors (Lipinski definition) is 3. The number of nitrogens with one attached hydrogen (secondary N) is 1. The highest BCUT2D eigenvalue weighted by Crippen LogP contribution is 2.19. The Morgan fingerprint density at radius 3 is 1.97 bits per heavy atom. The molecule has 1 aliphatic rings. The van der Waals surface area contributed by atoms with Crippen molar-refractivity contribution in [3.8, 4) is 11.1 Å². The number of rotatable bonds is 6. The molecule has 1 fully saturated rings. The zero-order chi connectivity index (χ0) is 22.3. The second kappa shape index (κ2) is 10.2. The molecule has 3 aromatic rings. The van der Waals surface area contributed by atoms with Gasteiger partial charge in [0.1, 0.15) is 6.04 Å². The first-order chi connectivity index (χ1) is 15.6. The lowest BCUT2D eigenvalue weighted by Crippen LogP contribution is -2.53. The van der Waals surface area contributed by atoms with Gasteiger partial charge in [0.2, 0.25) is 5.91 Å². The van der Waals surface area contributed by atoms with Crippen LogP contribution in [0.5, 0.6) is 0 Å². The van der Waals surface area contributed by atoms with E-state index < -0.39 is 6.04 Å². The number of nitrogens with zero attached hydrogens (tertiary/aromatic N) is 2. The molecule has 1 saturated heterocycles. The lowest BCUT2D eigenvalue weighted by atomic mass is 10.0. The van der Waals surface area contributed by atoms with Crippen LogP contribution in [0, 0.1) is 0 Å². The zero-order valence-corrected chi connectivity index (χ0v) is 18.4. The minimum atomic E-state index is -0.558. The standard InChI is InChI=1S/C27H29N3O2/c1-21(27(32)30-18-16-29(17-19-30)20-22-8-4-2-5-9-22)28-26(31)25-14-12-24(13-15-25)23-10-6-3-7-11-23/h2-15,21H,16-20H2,1H3,(H,28,31). The Hall–Kier alpha value is -3.44. The van der Waals surface area contributed by atoms with E-state index in [1.807, 2.05) is 53.4 Å². The summed E-state index contributed by atoms with van der Waals surface area (Å²) < 4.78 is 0. The normalized spacial score (nSPS) is 15.2. The summed E-state index contributed by atoms with van der Waals surface area (Å²) in [6.45, 7) is 5.68. The van der Waals surface area contributed by atoms with Crippen molar-refractivity contribution in [2.75, 3.05) is 26.2 Å². The summed E-state index contributed by atoms with van der Waals surface area (Å²) in [6.07, 6.45) is 0. The lowest BCUT2D eigenvalue weighted by molar-refractivity contribution is -0.134. The Bertz CT molecular complexity index is 1030. The Morgan fingerprint density at radius 2 is 1.34 bits per heavy atom. The maximum atomic E-state index is 12.9. The number of amides is 2. The van der Waals surface area contributed by atoms with Gasteiger partial charge >= 0.3 is 0 Å². The van der Waals surface area contributed by atoms with Gasteiger partial charge in [0, 0.05) is 38.3 Å². The molecule has 2 amide bonds.